The highest BCUT2D eigenvalue weighted by Gasteiger charge is 2.12. The number of aromatic nitrogens is 2. The molecule has 0 saturated heterocycles. The summed E-state index contributed by atoms with van der Waals surface area (Å²) in [5.74, 6) is -0.107. The van der Waals surface area contributed by atoms with Gasteiger partial charge in [0.05, 0.1) is 34.4 Å². The van der Waals surface area contributed by atoms with E-state index in [2.05, 4.69) is 20.6 Å². The molecule has 0 radical (unpaired) electrons. The topological polar surface area (TPSA) is 76.1 Å². The molecule has 0 saturated carbocycles. The number of rotatable bonds is 7. The standard InChI is InChI=1S/C13H18N4O2S2/c1-8-12(21-9(2)15-8)10-7-20-13(16-10)17-11(18)6-14-4-5-19-3/h7,14H,4-6H2,1-3H3,(H,16,17,18). The quantitative estimate of drug-likeness (QED) is 0.762. The zero-order valence-electron chi connectivity index (χ0n) is 12.2. The number of nitrogens with one attached hydrogen (secondary N) is 2. The lowest BCUT2D eigenvalue weighted by molar-refractivity contribution is -0.115. The van der Waals surface area contributed by atoms with Crippen LogP contribution < -0.4 is 10.6 Å². The van der Waals surface area contributed by atoms with Crippen molar-refractivity contribution in [1.82, 2.24) is 15.3 Å². The van der Waals surface area contributed by atoms with Crippen LogP contribution in [-0.2, 0) is 9.53 Å². The molecule has 8 heteroatoms. The number of ether oxygens (including phenoxy) is 1. The minimum absolute atomic E-state index is 0.107. The van der Waals surface area contributed by atoms with E-state index in [-0.39, 0.29) is 12.5 Å². The summed E-state index contributed by atoms with van der Waals surface area (Å²) >= 11 is 3.03. The van der Waals surface area contributed by atoms with Crippen LogP contribution in [0.25, 0.3) is 10.6 Å². The van der Waals surface area contributed by atoms with Crippen molar-refractivity contribution in [3.63, 3.8) is 0 Å². The SMILES string of the molecule is COCCNCC(=O)Nc1nc(-c2sc(C)nc2C)cs1. The number of thiazole rings is 2. The van der Waals surface area contributed by atoms with Gasteiger partial charge in [-0.3, -0.25) is 4.79 Å². The molecule has 2 N–H and O–H groups in total. The molecule has 2 heterocycles. The minimum atomic E-state index is -0.107. The Kier molecular flexibility index (Phi) is 5.80. The normalized spacial score (nSPS) is 10.8. The summed E-state index contributed by atoms with van der Waals surface area (Å²) in [5.41, 5.74) is 1.84. The summed E-state index contributed by atoms with van der Waals surface area (Å²) in [4.78, 5) is 21.6. The number of anilines is 1. The van der Waals surface area contributed by atoms with Crippen molar-refractivity contribution in [2.45, 2.75) is 13.8 Å². The fourth-order valence-electron chi connectivity index (χ4n) is 1.74. The van der Waals surface area contributed by atoms with Gasteiger partial charge in [0.2, 0.25) is 5.91 Å². The molecular formula is C13H18N4O2S2. The van der Waals surface area contributed by atoms with Crippen LogP contribution in [0.5, 0.6) is 0 Å². The number of amides is 1. The Balaban J connectivity index is 1.91. The molecule has 21 heavy (non-hydrogen) atoms. The lowest BCUT2D eigenvalue weighted by atomic mass is 10.3. The lowest BCUT2D eigenvalue weighted by Crippen LogP contribution is -2.30. The molecule has 6 nitrogen and oxygen atoms in total. The molecule has 0 atom stereocenters. The second kappa shape index (κ2) is 7.60. The Hall–Kier alpha value is -1.35. The van der Waals surface area contributed by atoms with Crippen molar-refractivity contribution in [1.29, 1.82) is 0 Å². The van der Waals surface area contributed by atoms with E-state index < -0.39 is 0 Å². The van der Waals surface area contributed by atoms with Crippen molar-refractivity contribution >= 4 is 33.7 Å². The summed E-state index contributed by atoms with van der Waals surface area (Å²) in [6.45, 7) is 5.42. The van der Waals surface area contributed by atoms with Crippen LogP contribution in [0.2, 0.25) is 0 Å². The highest BCUT2D eigenvalue weighted by atomic mass is 32.1. The van der Waals surface area contributed by atoms with E-state index in [1.165, 1.54) is 11.3 Å². The number of nitrogens with zero attached hydrogens (tertiary/aromatic N) is 2. The van der Waals surface area contributed by atoms with Gasteiger partial charge in [-0.1, -0.05) is 0 Å². The zero-order chi connectivity index (χ0) is 15.2. The number of hydrogen-bond donors (Lipinski definition) is 2. The molecule has 0 fully saturated rings. The van der Waals surface area contributed by atoms with Crippen LogP contribution in [-0.4, -0.2) is 42.7 Å². The molecular weight excluding hydrogens is 308 g/mol. The second-order valence-electron chi connectivity index (χ2n) is 4.40. The Morgan fingerprint density at radius 3 is 2.86 bits per heavy atom. The second-order valence-corrected chi connectivity index (χ2v) is 6.46. The molecule has 0 spiro atoms. The maximum Gasteiger partial charge on any atom is 0.240 e. The molecule has 0 bridgehead atoms. The van der Waals surface area contributed by atoms with Gasteiger partial charge in [-0.25, -0.2) is 9.97 Å². The highest BCUT2D eigenvalue weighted by Crippen LogP contribution is 2.31. The van der Waals surface area contributed by atoms with Crippen molar-refractivity contribution in [3.05, 3.63) is 16.1 Å². The van der Waals surface area contributed by atoms with Crippen LogP contribution in [0.1, 0.15) is 10.7 Å². The molecule has 0 aliphatic heterocycles. The first-order valence-electron chi connectivity index (χ1n) is 6.49. The lowest BCUT2D eigenvalue weighted by Gasteiger charge is -2.03. The van der Waals surface area contributed by atoms with Crippen molar-refractivity contribution in [2.24, 2.45) is 0 Å². The fourth-order valence-corrected chi connectivity index (χ4v) is 3.42. The molecule has 1 amide bonds. The van der Waals surface area contributed by atoms with E-state index in [0.29, 0.717) is 18.3 Å². The third-order valence-electron chi connectivity index (χ3n) is 2.66. The average molecular weight is 326 g/mol. The molecule has 2 aromatic heterocycles. The third kappa shape index (κ3) is 4.57. The van der Waals surface area contributed by atoms with Gasteiger partial charge in [0, 0.05) is 19.0 Å². The first-order chi connectivity index (χ1) is 10.1. The molecule has 0 aromatic carbocycles. The Morgan fingerprint density at radius 1 is 1.38 bits per heavy atom. The monoisotopic (exact) mass is 326 g/mol. The fraction of sp³-hybridized carbons (Fsp3) is 0.462. The van der Waals surface area contributed by atoms with Gasteiger partial charge in [-0.2, -0.15) is 0 Å². The van der Waals surface area contributed by atoms with Gasteiger partial charge in [-0.05, 0) is 13.8 Å². The van der Waals surface area contributed by atoms with Crippen LogP contribution >= 0.6 is 22.7 Å². The summed E-state index contributed by atoms with van der Waals surface area (Å²) in [6, 6.07) is 0. The minimum Gasteiger partial charge on any atom is -0.383 e. The van der Waals surface area contributed by atoms with Gasteiger partial charge in [-0.15, -0.1) is 22.7 Å². The Labute approximate surface area is 131 Å². The highest BCUT2D eigenvalue weighted by molar-refractivity contribution is 7.16. The number of hydrogen-bond acceptors (Lipinski definition) is 7. The first kappa shape index (κ1) is 16.0. The van der Waals surface area contributed by atoms with Crippen molar-refractivity contribution < 1.29 is 9.53 Å². The summed E-state index contributed by atoms with van der Waals surface area (Å²) < 4.78 is 4.90. The maximum atomic E-state index is 11.7. The van der Waals surface area contributed by atoms with E-state index in [4.69, 9.17) is 4.74 Å². The maximum absolute atomic E-state index is 11.7. The van der Waals surface area contributed by atoms with E-state index in [1.54, 1.807) is 18.4 Å². The van der Waals surface area contributed by atoms with Crippen LogP contribution in [0.3, 0.4) is 0 Å². The van der Waals surface area contributed by atoms with Gasteiger partial charge in [0.25, 0.3) is 0 Å². The Morgan fingerprint density at radius 2 is 2.19 bits per heavy atom. The number of methoxy groups -OCH3 is 1. The van der Waals surface area contributed by atoms with E-state index in [9.17, 15) is 4.79 Å². The average Bonchev–Trinajstić information content (AvgIpc) is 3.01. The summed E-state index contributed by atoms with van der Waals surface area (Å²) in [6.07, 6.45) is 0. The smallest absolute Gasteiger partial charge is 0.240 e. The van der Waals surface area contributed by atoms with Gasteiger partial charge < -0.3 is 15.4 Å². The van der Waals surface area contributed by atoms with Gasteiger partial charge in [0.15, 0.2) is 5.13 Å². The summed E-state index contributed by atoms with van der Waals surface area (Å²) in [7, 11) is 1.63. The predicted octanol–water partition coefficient (Wildman–Crippen LogP) is 2.06. The molecule has 2 aromatic rings. The third-order valence-corrected chi connectivity index (χ3v) is 4.51. The van der Waals surface area contributed by atoms with E-state index in [1.807, 2.05) is 19.2 Å². The van der Waals surface area contributed by atoms with Crippen LogP contribution in [0.4, 0.5) is 5.13 Å². The van der Waals surface area contributed by atoms with Gasteiger partial charge >= 0.3 is 0 Å². The molecule has 0 aliphatic carbocycles. The molecule has 114 valence electrons. The Bertz CT molecular complexity index is 609. The number of carbonyl (C=O) groups is 1. The van der Waals surface area contributed by atoms with E-state index >= 15 is 0 Å². The van der Waals surface area contributed by atoms with Crippen molar-refractivity contribution in [2.75, 3.05) is 32.1 Å². The number of carbonyl (C=O) groups excluding carboxylic acids is 1. The molecule has 0 aliphatic rings. The van der Waals surface area contributed by atoms with E-state index in [0.717, 1.165) is 21.3 Å². The first-order valence-corrected chi connectivity index (χ1v) is 8.19. The number of aryl methyl sites for hydroxylation is 2. The largest absolute Gasteiger partial charge is 0.383 e. The van der Waals surface area contributed by atoms with Crippen LogP contribution in [0.15, 0.2) is 5.38 Å². The van der Waals surface area contributed by atoms with Crippen molar-refractivity contribution in [3.8, 4) is 10.6 Å². The molecule has 2 rings (SSSR count). The predicted molar refractivity (Wildman–Crippen MR) is 86.1 cm³/mol. The zero-order valence-corrected chi connectivity index (χ0v) is 13.9. The van der Waals surface area contributed by atoms with Crippen LogP contribution in [0, 0.1) is 13.8 Å². The van der Waals surface area contributed by atoms with Gasteiger partial charge in [0.1, 0.15) is 0 Å². The molecule has 0 unspecified atom stereocenters. The summed E-state index contributed by atoms with van der Waals surface area (Å²) in [5, 5.41) is 9.33.